The number of carbonyl (C=O) groups excluding carboxylic acids is 1. The molecule has 1 heterocycles. The molecule has 31 heavy (non-hydrogen) atoms. The summed E-state index contributed by atoms with van der Waals surface area (Å²) in [5.41, 5.74) is 0.534. The third kappa shape index (κ3) is 6.11. The topological polar surface area (TPSA) is 114 Å². The van der Waals surface area contributed by atoms with E-state index in [-0.39, 0.29) is 42.9 Å². The number of unbranched alkanes of at least 4 members (excludes halogenated alkanes) is 1. The zero-order valence-corrected chi connectivity index (χ0v) is 18.3. The summed E-state index contributed by atoms with van der Waals surface area (Å²) < 4.78 is 13.9. The summed E-state index contributed by atoms with van der Waals surface area (Å²) in [4.78, 5) is 31.3. The molecule has 1 aliphatic heterocycles. The van der Waals surface area contributed by atoms with Gasteiger partial charge < -0.3 is 15.6 Å². The number of aliphatic carboxylic acids is 1. The molecule has 0 spiro atoms. The molecule has 1 amide bonds. The van der Waals surface area contributed by atoms with Gasteiger partial charge in [-0.1, -0.05) is 0 Å². The van der Waals surface area contributed by atoms with E-state index in [0.29, 0.717) is 63.5 Å². The number of nitrogens with zero attached hydrogens (tertiary/aromatic N) is 2. The third-order valence-electron chi connectivity index (χ3n) is 7.11. The molecule has 0 aromatic heterocycles. The van der Waals surface area contributed by atoms with Crippen molar-refractivity contribution < 1.29 is 24.2 Å². The van der Waals surface area contributed by atoms with Gasteiger partial charge in [0.05, 0.1) is 12.0 Å². The average molecular weight is 438 g/mol. The van der Waals surface area contributed by atoms with E-state index in [4.69, 9.17) is 20.6 Å². The van der Waals surface area contributed by atoms with Crippen LogP contribution in [-0.4, -0.2) is 63.4 Å². The second kappa shape index (κ2) is 11.2. The van der Waals surface area contributed by atoms with Crippen molar-refractivity contribution in [1.82, 2.24) is 4.90 Å². The fraction of sp³-hybridized carbons (Fsp3) is 0.826. The van der Waals surface area contributed by atoms with Crippen LogP contribution in [0.1, 0.15) is 83.5 Å². The highest BCUT2D eigenvalue weighted by Gasteiger charge is 2.44. The predicted molar refractivity (Wildman–Crippen MR) is 116 cm³/mol. The van der Waals surface area contributed by atoms with Gasteiger partial charge >= 0.3 is 5.97 Å². The van der Waals surface area contributed by atoms with Gasteiger partial charge in [0, 0.05) is 37.6 Å². The van der Waals surface area contributed by atoms with Gasteiger partial charge in [-0.3, -0.25) is 19.5 Å². The lowest BCUT2D eigenvalue weighted by molar-refractivity contribution is -0.138. The molecule has 2 saturated carbocycles. The molecule has 2 aliphatic carbocycles. The van der Waals surface area contributed by atoms with Crippen LogP contribution in [0.25, 0.3) is 0 Å². The van der Waals surface area contributed by atoms with Crippen LogP contribution in [0, 0.1) is 17.2 Å². The van der Waals surface area contributed by atoms with E-state index < -0.39 is 12.1 Å². The molecule has 0 bridgehead atoms. The lowest BCUT2D eigenvalue weighted by Gasteiger charge is -2.44. The molecule has 3 aliphatic rings. The van der Waals surface area contributed by atoms with Crippen molar-refractivity contribution in [2.75, 3.05) is 6.61 Å². The zero-order chi connectivity index (χ0) is 22.4. The molecule has 0 radical (unpaired) electrons. The van der Waals surface area contributed by atoms with Crippen molar-refractivity contribution in [3.8, 4) is 0 Å². The maximum Gasteiger partial charge on any atom is 0.303 e. The number of hydrogen-bond donors (Lipinski definition) is 3. The molecule has 0 aromatic rings. The van der Waals surface area contributed by atoms with Crippen LogP contribution >= 0.6 is 0 Å². The quantitative estimate of drug-likeness (QED) is 0.290. The number of amidine groups is 1. The van der Waals surface area contributed by atoms with Gasteiger partial charge in [-0.05, 0) is 70.1 Å². The summed E-state index contributed by atoms with van der Waals surface area (Å²) in [5.74, 6) is -0.148. The fourth-order valence-corrected chi connectivity index (χ4v) is 5.41. The van der Waals surface area contributed by atoms with Gasteiger partial charge in [0.15, 0.2) is 0 Å². The molecule has 0 saturated heterocycles. The van der Waals surface area contributed by atoms with Gasteiger partial charge in [0.2, 0.25) is 5.91 Å². The van der Waals surface area contributed by atoms with Crippen LogP contribution < -0.4 is 0 Å². The van der Waals surface area contributed by atoms with E-state index in [1.807, 2.05) is 4.90 Å². The Bertz CT molecular complexity index is 698. The Labute approximate surface area is 183 Å². The summed E-state index contributed by atoms with van der Waals surface area (Å²) in [5, 5.41) is 26.3. The number of rotatable bonds is 9. The first kappa shape index (κ1) is 23.8. The molecule has 174 valence electrons. The molecule has 5 unspecified atom stereocenters. The minimum atomic E-state index is -0.825. The first-order valence-electron chi connectivity index (χ1n) is 11.8. The normalized spacial score (nSPS) is 31.5. The van der Waals surface area contributed by atoms with Gasteiger partial charge in [0.1, 0.15) is 12.0 Å². The molecule has 3 N–H and O–H groups in total. The number of aliphatic hydroxyl groups is 1. The van der Waals surface area contributed by atoms with Crippen LogP contribution in [-0.2, 0) is 9.59 Å². The lowest BCUT2D eigenvalue weighted by atomic mass is 9.74. The standard InChI is InChI=1S/C23H36FN3O4/c24-16-4-3-5-17(10-9-16)27-21(6-1-2-7-22(29)30)26-20-14-15(19(25)12-13-28)8-11-18(20)23(27)31/h15-18,20,25,28H,1-14H2,(H,29,30). The fourth-order valence-electron chi connectivity index (χ4n) is 5.41. The number of alkyl halides is 1. The van der Waals surface area contributed by atoms with Crippen molar-refractivity contribution in [2.45, 2.75) is 102 Å². The summed E-state index contributed by atoms with van der Waals surface area (Å²) >= 11 is 0. The summed E-state index contributed by atoms with van der Waals surface area (Å²) in [6.07, 6.45) is 6.69. The zero-order valence-electron chi connectivity index (χ0n) is 18.3. The van der Waals surface area contributed by atoms with Crippen molar-refractivity contribution >= 4 is 23.4 Å². The summed E-state index contributed by atoms with van der Waals surface area (Å²) in [6, 6.07) is -0.187. The van der Waals surface area contributed by atoms with Crippen molar-refractivity contribution in [2.24, 2.45) is 16.8 Å². The third-order valence-corrected chi connectivity index (χ3v) is 7.11. The average Bonchev–Trinajstić information content (AvgIpc) is 2.95. The van der Waals surface area contributed by atoms with Gasteiger partial charge in [0.25, 0.3) is 0 Å². The number of carboxylic acids is 1. The Balaban J connectivity index is 1.78. The Kier molecular flexibility index (Phi) is 8.58. The first-order chi connectivity index (χ1) is 14.9. The van der Waals surface area contributed by atoms with Crippen molar-refractivity contribution in [1.29, 1.82) is 5.41 Å². The number of amides is 1. The molecule has 8 heteroatoms. The maximum atomic E-state index is 13.9. The van der Waals surface area contributed by atoms with Crippen LogP contribution in [0.15, 0.2) is 4.99 Å². The smallest absolute Gasteiger partial charge is 0.303 e. The monoisotopic (exact) mass is 437 g/mol. The van der Waals surface area contributed by atoms with Gasteiger partial charge in [-0.15, -0.1) is 0 Å². The van der Waals surface area contributed by atoms with Gasteiger partial charge in [-0.25, -0.2) is 4.39 Å². The van der Waals surface area contributed by atoms with Crippen LogP contribution in [0.2, 0.25) is 0 Å². The minimum absolute atomic E-state index is 0.0298. The van der Waals surface area contributed by atoms with Crippen LogP contribution in [0.5, 0.6) is 0 Å². The SMILES string of the molecule is N=C(CCO)C1CCC2C(=O)N(C3CCCC(F)CC3)C(CCCCC(=O)O)=NC2C1. The second-order valence-electron chi connectivity index (χ2n) is 9.30. The number of nitrogens with one attached hydrogen (secondary N) is 1. The number of carboxylic acid groups (broad SMARTS) is 1. The number of fused-ring (bicyclic) bond motifs is 1. The Morgan fingerprint density at radius 1 is 1.13 bits per heavy atom. The Hall–Kier alpha value is -1.83. The molecule has 5 atom stereocenters. The van der Waals surface area contributed by atoms with E-state index in [2.05, 4.69) is 0 Å². The highest BCUT2D eigenvalue weighted by molar-refractivity contribution is 6.02. The molecular weight excluding hydrogens is 401 g/mol. The van der Waals surface area contributed by atoms with Crippen LogP contribution in [0.4, 0.5) is 4.39 Å². The van der Waals surface area contributed by atoms with Crippen molar-refractivity contribution in [3.63, 3.8) is 0 Å². The predicted octanol–water partition coefficient (Wildman–Crippen LogP) is 3.73. The summed E-state index contributed by atoms with van der Waals surface area (Å²) in [6.45, 7) is -0.0362. The van der Waals surface area contributed by atoms with Crippen LogP contribution in [0.3, 0.4) is 0 Å². The van der Waals surface area contributed by atoms with E-state index in [0.717, 1.165) is 25.1 Å². The van der Waals surface area contributed by atoms with E-state index in [1.54, 1.807) is 0 Å². The molecule has 0 aromatic carbocycles. The Morgan fingerprint density at radius 2 is 1.94 bits per heavy atom. The largest absolute Gasteiger partial charge is 0.481 e. The van der Waals surface area contributed by atoms with E-state index in [1.165, 1.54) is 0 Å². The lowest BCUT2D eigenvalue weighted by Crippen LogP contribution is -2.55. The van der Waals surface area contributed by atoms with E-state index in [9.17, 15) is 14.0 Å². The van der Waals surface area contributed by atoms with E-state index >= 15 is 0 Å². The Morgan fingerprint density at radius 3 is 2.68 bits per heavy atom. The molecule has 3 rings (SSSR count). The highest BCUT2D eigenvalue weighted by Crippen LogP contribution is 2.38. The minimum Gasteiger partial charge on any atom is -0.481 e. The highest BCUT2D eigenvalue weighted by atomic mass is 19.1. The second-order valence-corrected chi connectivity index (χ2v) is 9.30. The van der Waals surface area contributed by atoms with Crippen molar-refractivity contribution in [3.05, 3.63) is 0 Å². The number of aliphatic hydroxyl groups excluding tert-OH is 1. The van der Waals surface area contributed by atoms with Gasteiger partial charge in [-0.2, -0.15) is 0 Å². The maximum absolute atomic E-state index is 13.9. The first-order valence-corrected chi connectivity index (χ1v) is 11.8. The summed E-state index contributed by atoms with van der Waals surface area (Å²) in [7, 11) is 0. The molecule has 2 fully saturated rings. The molecular formula is C23H36FN3O4. The molecule has 7 nitrogen and oxygen atoms in total. The number of carbonyl (C=O) groups is 2. The number of hydrogen-bond acceptors (Lipinski definition) is 5. The number of aliphatic imine (C=N–C) groups is 1. The number of halogens is 1.